The number of hydrogen-bond acceptors (Lipinski definition) is 4. The molecule has 3 rings (SSSR count). The van der Waals surface area contributed by atoms with Gasteiger partial charge in [0.05, 0.1) is 11.5 Å². The van der Waals surface area contributed by atoms with E-state index < -0.39 is 10.0 Å². The SMILES string of the molecule is CCOc1ccc(/C=C/C(=O)c2ccc(S(=O)(=O)N3CCCCC3)cc2)cc1. The van der Waals surface area contributed by atoms with E-state index in [-0.39, 0.29) is 10.7 Å². The molecule has 2 aromatic carbocycles. The first kappa shape index (κ1) is 20.3. The molecule has 1 fully saturated rings. The lowest BCUT2D eigenvalue weighted by atomic mass is 10.1. The zero-order chi connectivity index (χ0) is 20.0. The fourth-order valence-electron chi connectivity index (χ4n) is 3.16. The average molecular weight is 400 g/mol. The molecule has 0 aromatic heterocycles. The summed E-state index contributed by atoms with van der Waals surface area (Å²) >= 11 is 0. The summed E-state index contributed by atoms with van der Waals surface area (Å²) in [7, 11) is -3.48. The molecule has 0 unspecified atom stereocenters. The topological polar surface area (TPSA) is 63.7 Å². The molecule has 1 saturated heterocycles. The Kier molecular flexibility index (Phi) is 6.65. The van der Waals surface area contributed by atoms with Crippen LogP contribution in [0.15, 0.2) is 59.5 Å². The number of nitrogens with zero attached hydrogens (tertiary/aromatic N) is 1. The molecule has 1 heterocycles. The van der Waals surface area contributed by atoms with Gasteiger partial charge in [-0.1, -0.05) is 24.6 Å². The zero-order valence-electron chi connectivity index (χ0n) is 16.0. The van der Waals surface area contributed by atoms with Crippen molar-refractivity contribution in [3.05, 3.63) is 65.7 Å². The van der Waals surface area contributed by atoms with E-state index in [1.165, 1.54) is 22.5 Å². The number of rotatable bonds is 7. The zero-order valence-corrected chi connectivity index (χ0v) is 16.8. The second-order valence-electron chi connectivity index (χ2n) is 6.69. The second-order valence-corrected chi connectivity index (χ2v) is 8.63. The number of carbonyl (C=O) groups is 1. The number of allylic oxidation sites excluding steroid dienone is 1. The van der Waals surface area contributed by atoms with E-state index in [0.29, 0.717) is 25.3 Å². The number of sulfonamides is 1. The van der Waals surface area contributed by atoms with Crippen molar-refractivity contribution in [3.63, 3.8) is 0 Å². The van der Waals surface area contributed by atoms with Crippen molar-refractivity contribution < 1.29 is 17.9 Å². The highest BCUT2D eigenvalue weighted by atomic mass is 32.2. The first-order valence-electron chi connectivity index (χ1n) is 9.56. The first-order chi connectivity index (χ1) is 13.5. The highest BCUT2D eigenvalue weighted by Gasteiger charge is 2.25. The van der Waals surface area contributed by atoms with Crippen LogP contribution >= 0.6 is 0 Å². The van der Waals surface area contributed by atoms with Crippen molar-refractivity contribution in [2.24, 2.45) is 0 Å². The summed E-state index contributed by atoms with van der Waals surface area (Å²) in [6.45, 7) is 3.66. The van der Waals surface area contributed by atoms with Crippen LogP contribution in [0.25, 0.3) is 6.08 Å². The first-order valence-corrected chi connectivity index (χ1v) is 11.0. The standard InChI is InChI=1S/C22H25NO4S/c1-2-27-20-11-6-18(7-12-20)8-15-22(24)19-9-13-21(14-10-19)28(25,26)23-16-4-3-5-17-23/h6-15H,2-5,16-17H2,1H3/b15-8+. The Bertz CT molecular complexity index is 926. The molecule has 28 heavy (non-hydrogen) atoms. The van der Waals surface area contributed by atoms with Crippen LogP contribution in [0, 0.1) is 0 Å². The Morgan fingerprint density at radius 2 is 1.64 bits per heavy atom. The van der Waals surface area contributed by atoms with Crippen LogP contribution in [-0.4, -0.2) is 38.2 Å². The molecule has 5 nitrogen and oxygen atoms in total. The van der Waals surface area contributed by atoms with Gasteiger partial charge in [-0.2, -0.15) is 4.31 Å². The Balaban J connectivity index is 1.67. The van der Waals surface area contributed by atoms with Gasteiger partial charge in [0, 0.05) is 18.7 Å². The fourth-order valence-corrected chi connectivity index (χ4v) is 4.67. The molecule has 2 aromatic rings. The third-order valence-corrected chi connectivity index (χ3v) is 6.62. The van der Waals surface area contributed by atoms with Crippen molar-refractivity contribution in [2.45, 2.75) is 31.1 Å². The molecule has 148 valence electrons. The predicted octanol–water partition coefficient (Wildman–Crippen LogP) is 4.16. The van der Waals surface area contributed by atoms with Crippen LogP contribution < -0.4 is 4.74 Å². The van der Waals surface area contributed by atoms with E-state index in [4.69, 9.17) is 4.74 Å². The van der Waals surface area contributed by atoms with Crippen molar-refractivity contribution in [1.82, 2.24) is 4.31 Å². The summed E-state index contributed by atoms with van der Waals surface area (Å²) in [6.07, 6.45) is 6.08. The van der Waals surface area contributed by atoms with Crippen LogP contribution in [0.3, 0.4) is 0 Å². The molecule has 0 N–H and O–H groups in total. The number of benzene rings is 2. The van der Waals surface area contributed by atoms with Crippen LogP contribution in [0.2, 0.25) is 0 Å². The quantitative estimate of drug-likeness (QED) is 0.518. The van der Waals surface area contributed by atoms with Crippen LogP contribution in [0.4, 0.5) is 0 Å². The normalized spacial score (nSPS) is 15.6. The molecule has 0 aliphatic carbocycles. The molecule has 1 aliphatic heterocycles. The van der Waals surface area contributed by atoms with Gasteiger partial charge in [-0.25, -0.2) is 8.42 Å². The number of ether oxygens (including phenoxy) is 1. The van der Waals surface area contributed by atoms with Crippen LogP contribution in [0.5, 0.6) is 5.75 Å². The third-order valence-electron chi connectivity index (χ3n) is 4.71. The molecule has 0 radical (unpaired) electrons. The summed E-state index contributed by atoms with van der Waals surface area (Å²) in [5.74, 6) is 0.618. The summed E-state index contributed by atoms with van der Waals surface area (Å²) in [5, 5.41) is 0. The van der Waals surface area contributed by atoms with E-state index in [1.54, 1.807) is 18.2 Å². The van der Waals surface area contributed by atoms with Crippen LogP contribution in [-0.2, 0) is 10.0 Å². The Labute approximate surface area is 166 Å². The van der Waals surface area contributed by atoms with Gasteiger partial charge in [-0.05, 0) is 67.8 Å². The van der Waals surface area contributed by atoms with E-state index in [1.807, 2.05) is 31.2 Å². The van der Waals surface area contributed by atoms with Crippen molar-refractivity contribution in [2.75, 3.05) is 19.7 Å². The van der Waals surface area contributed by atoms with E-state index in [9.17, 15) is 13.2 Å². The third kappa shape index (κ3) is 4.88. The van der Waals surface area contributed by atoms with Crippen LogP contribution in [0.1, 0.15) is 42.1 Å². The summed E-state index contributed by atoms with van der Waals surface area (Å²) in [6, 6.07) is 13.6. The van der Waals surface area contributed by atoms with Gasteiger partial charge in [0.1, 0.15) is 5.75 Å². The van der Waals surface area contributed by atoms with Crippen molar-refractivity contribution >= 4 is 21.9 Å². The smallest absolute Gasteiger partial charge is 0.243 e. The molecular weight excluding hydrogens is 374 g/mol. The number of piperidine rings is 1. The summed E-state index contributed by atoms with van der Waals surface area (Å²) < 4.78 is 32.3. The van der Waals surface area contributed by atoms with Gasteiger partial charge in [-0.15, -0.1) is 0 Å². The van der Waals surface area contributed by atoms with Gasteiger partial charge < -0.3 is 4.74 Å². The number of ketones is 1. The highest BCUT2D eigenvalue weighted by Crippen LogP contribution is 2.21. The molecule has 6 heteroatoms. The molecule has 0 atom stereocenters. The van der Waals surface area contributed by atoms with Crippen molar-refractivity contribution in [1.29, 1.82) is 0 Å². The summed E-state index contributed by atoms with van der Waals surface area (Å²) in [4.78, 5) is 12.6. The van der Waals surface area contributed by atoms with Gasteiger partial charge >= 0.3 is 0 Å². The summed E-state index contributed by atoms with van der Waals surface area (Å²) in [5.41, 5.74) is 1.35. The van der Waals surface area contributed by atoms with Gasteiger partial charge in [-0.3, -0.25) is 4.79 Å². The Hall–Kier alpha value is -2.44. The maximum absolute atomic E-state index is 12.7. The van der Waals surface area contributed by atoms with Gasteiger partial charge in [0.2, 0.25) is 10.0 Å². The number of hydrogen-bond donors (Lipinski definition) is 0. The molecule has 0 amide bonds. The largest absolute Gasteiger partial charge is 0.494 e. The van der Waals surface area contributed by atoms with Gasteiger partial charge in [0.15, 0.2) is 5.78 Å². The minimum absolute atomic E-state index is 0.171. The molecule has 0 bridgehead atoms. The lowest BCUT2D eigenvalue weighted by molar-refractivity contribution is 0.104. The lowest BCUT2D eigenvalue weighted by Gasteiger charge is -2.25. The van der Waals surface area contributed by atoms with E-state index >= 15 is 0 Å². The minimum atomic E-state index is -3.48. The molecular formula is C22H25NO4S. The van der Waals surface area contributed by atoms with Gasteiger partial charge in [0.25, 0.3) is 0 Å². The molecule has 1 aliphatic rings. The highest BCUT2D eigenvalue weighted by molar-refractivity contribution is 7.89. The van der Waals surface area contributed by atoms with Crippen molar-refractivity contribution in [3.8, 4) is 5.75 Å². The lowest BCUT2D eigenvalue weighted by Crippen LogP contribution is -2.35. The number of carbonyl (C=O) groups excluding carboxylic acids is 1. The maximum atomic E-state index is 12.7. The Morgan fingerprint density at radius 3 is 2.25 bits per heavy atom. The fraction of sp³-hybridized carbons (Fsp3) is 0.318. The monoisotopic (exact) mass is 399 g/mol. The molecule has 0 saturated carbocycles. The predicted molar refractivity (Wildman–Crippen MR) is 110 cm³/mol. The van der Waals surface area contributed by atoms with E-state index in [0.717, 1.165) is 30.6 Å². The minimum Gasteiger partial charge on any atom is -0.494 e. The average Bonchev–Trinajstić information content (AvgIpc) is 2.74. The Morgan fingerprint density at radius 1 is 1.00 bits per heavy atom. The van der Waals surface area contributed by atoms with E-state index in [2.05, 4.69) is 0 Å². The second kappa shape index (κ2) is 9.17. The molecule has 0 spiro atoms. The maximum Gasteiger partial charge on any atom is 0.243 e.